The molecule has 94 valence electrons. The zero-order valence-corrected chi connectivity index (χ0v) is 11.1. The molecule has 0 radical (unpaired) electrons. The Kier molecular flexibility index (Phi) is 4.37. The minimum atomic E-state index is -0.883. The topological polar surface area (TPSA) is 47.6 Å². The molecule has 1 aromatic rings. The normalized spacial score (nSPS) is 11.1. The zero-order valence-electron chi connectivity index (χ0n) is 10.3. The summed E-state index contributed by atoms with van der Waals surface area (Å²) in [6, 6.07) is 5.04. The second-order valence-corrected chi connectivity index (χ2v) is 4.43. The maximum atomic E-state index is 11.8. The molecule has 0 fully saturated rings. The number of rotatable bonds is 4. The highest BCUT2D eigenvalue weighted by atomic mass is 35.5. The highest BCUT2D eigenvalue weighted by Crippen LogP contribution is 2.27. The fourth-order valence-electron chi connectivity index (χ4n) is 1.12. The third kappa shape index (κ3) is 3.35. The van der Waals surface area contributed by atoms with Gasteiger partial charge in [0.1, 0.15) is 11.4 Å². The molecule has 0 aliphatic carbocycles. The van der Waals surface area contributed by atoms with Gasteiger partial charge in [0.2, 0.25) is 0 Å². The van der Waals surface area contributed by atoms with Crippen molar-refractivity contribution in [3.05, 3.63) is 23.2 Å². The number of halogens is 1. The Hall–Kier alpha value is -1.26. The number of hydrogen-bond donors (Lipinski definition) is 1. The molecule has 1 amide bonds. The van der Waals surface area contributed by atoms with E-state index in [1.54, 1.807) is 32.0 Å². The molecular formula is C12H16ClNO3. The Morgan fingerprint density at radius 3 is 2.47 bits per heavy atom. The van der Waals surface area contributed by atoms with Crippen LogP contribution in [0, 0.1) is 0 Å². The minimum absolute atomic E-state index is 0.235. The third-order valence-electron chi connectivity index (χ3n) is 2.47. The molecule has 0 aliphatic rings. The van der Waals surface area contributed by atoms with Crippen LogP contribution in [0.2, 0.25) is 5.02 Å². The van der Waals surface area contributed by atoms with Gasteiger partial charge in [0.05, 0.1) is 12.1 Å². The molecule has 5 heteroatoms. The lowest BCUT2D eigenvalue weighted by Gasteiger charge is -2.21. The van der Waals surface area contributed by atoms with Gasteiger partial charge in [-0.3, -0.25) is 4.79 Å². The molecule has 4 nitrogen and oxygen atoms in total. The molecule has 1 aromatic carbocycles. The first-order valence-corrected chi connectivity index (χ1v) is 5.48. The van der Waals surface area contributed by atoms with Gasteiger partial charge in [-0.05, 0) is 32.0 Å². The molecule has 0 unspecified atom stereocenters. The van der Waals surface area contributed by atoms with E-state index in [-0.39, 0.29) is 5.91 Å². The zero-order chi connectivity index (χ0) is 13.1. The quantitative estimate of drug-likeness (QED) is 0.902. The molecule has 0 bridgehead atoms. The summed E-state index contributed by atoms with van der Waals surface area (Å²) in [4.78, 5) is 11.8. The van der Waals surface area contributed by atoms with Crippen LogP contribution < -0.4 is 10.1 Å². The van der Waals surface area contributed by atoms with Gasteiger partial charge in [-0.2, -0.15) is 0 Å². The monoisotopic (exact) mass is 257 g/mol. The van der Waals surface area contributed by atoms with Crippen molar-refractivity contribution in [2.45, 2.75) is 19.4 Å². The van der Waals surface area contributed by atoms with E-state index in [1.807, 2.05) is 0 Å². The summed E-state index contributed by atoms with van der Waals surface area (Å²) >= 11 is 5.95. The maximum absolute atomic E-state index is 11.8. The summed E-state index contributed by atoms with van der Waals surface area (Å²) in [5, 5.41) is 3.17. The molecular weight excluding hydrogens is 242 g/mol. The molecule has 17 heavy (non-hydrogen) atoms. The summed E-state index contributed by atoms with van der Waals surface area (Å²) < 4.78 is 10.1. The van der Waals surface area contributed by atoms with Crippen LogP contribution in [0.15, 0.2) is 18.2 Å². The molecule has 0 heterocycles. The predicted molar refractivity (Wildman–Crippen MR) is 67.7 cm³/mol. The number of methoxy groups -OCH3 is 2. The number of nitrogens with one attached hydrogen (secondary N) is 1. The minimum Gasteiger partial charge on any atom is -0.495 e. The molecule has 1 rings (SSSR count). The van der Waals surface area contributed by atoms with E-state index in [0.717, 1.165) is 0 Å². The van der Waals surface area contributed by atoms with Gasteiger partial charge >= 0.3 is 0 Å². The second-order valence-electron chi connectivity index (χ2n) is 4.02. The number of hydrogen-bond acceptors (Lipinski definition) is 3. The van der Waals surface area contributed by atoms with Gasteiger partial charge in [0.25, 0.3) is 5.91 Å². The Morgan fingerprint density at radius 2 is 2.00 bits per heavy atom. The fraction of sp³-hybridized carbons (Fsp3) is 0.417. The van der Waals surface area contributed by atoms with Gasteiger partial charge < -0.3 is 14.8 Å². The van der Waals surface area contributed by atoms with Crippen LogP contribution >= 0.6 is 11.6 Å². The van der Waals surface area contributed by atoms with Crippen molar-refractivity contribution < 1.29 is 14.3 Å². The summed E-state index contributed by atoms with van der Waals surface area (Å²) in [6.07, 6.45) is 0. The predicted octanol–water partition coefficient (Wildman–Crippen LogP) is 2.71. The molecule has 0 saturated carbocycles. The van der Waals surface area contributed by atoms with E-state index < -0.39 is 5.60 Å². The van der Waals surface area contributed by atoms with Crippen LogP contribution in [0.5, 0.6) is 5.75 Å². The van der Waals surface area contributed by atoms with Crippen molar-refractivity contribution in [1.29, 1.82) is 0 Å². The van der Waals surface area contributed by atoms with Gasteiger partial charge in [-0.1, -0.05) is 11.6 Å². The first-order valence-electron chi connectivity index (χ1n) is 5.11. The first kappa shape index (κ1) is 13.8. The van der Waals surface area contributed by atoms with Crippen molar-refractivity contribution in [2.75, 3.05) is 19.5 Å². The molecule has 0 saturated heterocycles. The average Bonchev–Trinajstić information content (AvgIpc) is 2.29. The largest absolute Gasteiger partial charge is 0.495 e. The van der Waals surface area contributed by atoms with Crippen LogP contribution in [0.1, 0.15) is 13.8 Å². The van der Waals surface area contributed by atoms with Gasteiger partial charge in [0, 0.05) is 12.8 Å². The van der Waals surface area contributed by atoms with E-state index >= 15 is 0 Å². The summed E-state index contributed by atoms with van der Waals surface area (Å²) in [5.41, 5.74) is -0.280. The lowest BCUT2D eigenvalue weighted by Crippen LogP contribution is -2.38. The molecule has 0 aromatic heterocycles. The van der Waals surface area contributed by atoms with E-state index in [0.29, 0.717) is 16.5 Å². The highest BCUT2D eigenvalue weighted by molar-refractivity contribution is 6.32. The van der Waals surface area contributed by atoms with Crippen LogP contribution in [0.4, 0.5) is 5.69 Å². The van der Waals surface area contributed by atoms with Gasteiger partial charge in [-0.15, -0.1) is 0 Å². The Bertz CT molecular complexity index is 418. The fourth-order valence-corrected chi connectivity index (χ4v) is 1.38. The van der Waals surface area contributed by atoms with Crippen molar-refractivity contribution in [1.82, 2.24) is 0 Å². The summed E-state index contributed by atoms with van der Waals surface area (Å²) in [6.45, 7) is 3.38. The van der Waals surface area contributed by atoms with Crippen LogP contribution in [0.25, 0.3) is 0 Å². The Morgan fingerprint density at radius 1 is 1.35 bits per heavy atom. The van der Waals surface area contributed by atoms with Gasteiger partial charge in [-0.25, -0.2) is 0 Å². The van der Waals surface area contributed by atoms with E-state index in [9.17, 15) is 4.79 Å². The van der Waals surface area contributed by atoms with Crippen molar-refractivity contribution in [3.63, 3.8) is 0 Å². The maximum Gasteiger partial charge on any atom is 0.256 e. The molecule has 0 spiro atoms. The number of anilines is 1. The lowest BCUT2D eigenvalue weighted by atomic mass is 10.1. The van der Waals surface area contributed by atoms with Gasteiger partial charge in [0.15, 0.2) is 0 Å². The standard InChI is InChI=1S/C12H16ClNO3/c1-12(2,17-4)11(15)14-8-5-6-10(16-3)9(13)7-8/h5-7H,1-4H3,(H,14,15). The lowest BCUT2D eigenvalue weighted by molar-refractivity contribution is -0.133. The number of carbonyl (C=O) groups excluding carboxylic acids is 1. The van der Waals surface area contributed by atoms with Crippen molar-refractivity contribution in [2.24, 2.45) is 0 Å². The average molecular weight is 258 g/mol. The highest BCUT2D eigenvalue weighted by Gasteiger charge is 2.26. The van der Waals surface area contributed by atoms with Crippen molar-refractivity contribution >= 4 is 23.2 Å². The SMILES string of the molecule is COc1ccc(NC(=O)C(C)(C)OC)cc1Cl. The van der Waals surface area contributed by atoms with Crippen LogP contribution in [-0.4, -0.2) is 25.7 Å². The smallest absolute Gasteiger partial charge is 0.256 e. The van der Waals surface area contributed by atoms with Crippen LogP contribution in [0.3, 0.4) is 0 Å². The number of amides is 1. The second kappa shape index (κ2) is 5.38. The number of carbonyl (C=O) groups is 1. The molecule has 0 aliphatic heterocycles. The third-order valence-corrected chi connectivity index (χ3v) is 2.76. The summed E-state index contributed by atoms with van der Waals surface area (Å²) in [7, 11) is 3.02. The summed E-state index contributed by atoms with van der Waals surface area (Å²) in [5.74, 6) is 0.330. The van der Waals surface area contributed by atoms with E-state index in [4.69, 9.17) is 21.1 Å². The molecule has 1 N–H and O–H groups in total. The van der Waals surface area contributed by atoms with E-state index in [2.05, 4.69) is 5.32 Å². The number of ether oxygens (including phenoxy) is 2. The Balaban J connectivity index is 2.83. The van der Waals surface area contributed by atoms with Crippen LogP contribution in [-0.2, 0) is 9.53 Å². The first-order chi connectivity index (χ1) is 7.90. The molecule has 0 atom stereocenters. The Labute approximate surface area is 106 Å². The van der Waals surface area contributed by atoms with Crippen molar-refractivity contribution in [3.8, 4) is 5.75 Å². The number of benzene rings is 1. The van der Waals surface area contributed by atoms with E-state index in [1.165, 1.54) is 14.2 Å².